The zero-order chi connectivity index (χ0) is 39.1. The number of benzene rings is 1. The summed E-state index contributed by atoms with van der Waals surface area (Å²) in [6, 6.07) is 5.67. The van der Waals surface area contributed by atoms with E-state index in [4.69, 9.17) is 19.6 Å². The molecule has 0 unspecified atom stereocenters. The number of nitrogens with one attached hydrogen (secondary N) is 2. The average molecular weight is 793 g/mol. The summed E-state index contributed by atoms with van der Waals surface area (Å²) >= 11 is 0. The number of aliphatic hydroxyl groups excluding tert-OH is 2. The zero-order valence-electron chi connectivity index (χ0n) is 31.9. The van der Waals surface area contributed by atoms with Gasteiger partial charge in [0.1, 0.15) is 11.3 Å². The van der Waals surface area contributed by atoms with Crippen molar-refractivity contribution in [2.75, 3.05) is 51.4 Å². The smallest absolute Gasteiger partial charge is 0.339 e. The Morgan fingerprint density at radius 1 is 1.25 bits per heavy atom. The van der Waals surface area contributed by atoms with Crippen molar-refractivity contribution in [1.82, 2.24) is 15.5 Å². The van der Waals surface area contributed by atoms with Crippen LogP contribution < -0.4 is 26.7 Å². The lowest BCUT2D eigenvalue weighted by Gasteiger charge is -2.53. The van der Waals surface area contributed by atoms with Gasteiger partial charge < -0.3 is 45.4 Å². The van der Waals surface area contributed by atoms with Crippen molar-refractivity contribution in [3.63, 3.8) is 0 Å². The second-order valence-electron chi connectivity index (χ2n) is 15.7. The van der Waals surface area contributed by atoms with Gasteiger partial charge in [0, 0.05) is 91.7 Å². The highest BCUT2D eigenvalue weighted by Crippen LogP contribution is 2.57. The summed E-state index contributed by atoms with van der Waals surface area (Å²) in [5.74, 6) is 1.82. The maximum atomic E-state index is 14.1. The number of carbonyl (C=O) groups is 2. The van der Waals surface area contributed by atoms with Crippen molar-refractivity contribution in [2.24, 2.45) is 23.5 Å². The van der Waals surface area contributed by atoms with Crippen molar-refractivity contribution >= 4 is 44.4 Å². The van der Waals surface area contributed by atoms with Crippen LogP contribution in [0.1, 0.15) is 51.2 Å². The van der Waals surface area contributed by atoms with Crippen molar-refractivity contribution in [3.05, 3.63) is 86.1 Å². The third kappa shape index (κ3) is 7.36. The highest BCUT2D eigenvalue weighted by Gasteiger charge is 2.64. The molecule has 1 spiro atoms. The number of amides is 1. The molecule has 296 valence electrons. The molecule has 1 amide bonds. The Balaban J connectivity index is 1.36. The number of rotatable bonds is 9. The van der Waals surface area contributed by atoms with E-state index in [2.05, 4.69) is 16.7 Å². The Morgan fingerprint density at radius 3 is 2.82 bits per heavy atom. The summed E-state index contributed by atoms with van der Waals surface area (Å²) in [6.07, 6.45) is 7.45. The van der Waals surface area contributed by atoms with Crippen LogP contribution in [0.25, 0.3) is 11.0 Å². The summed E-state index contributed by atoms with van der Waals surface area (Å²) in [5, 5.41) is 26.6. The van der Waals surface area contributed by atoms with Crippen LogP contribution in [0.5, 0.6) is 5.75 Å². The molecule has 4 aliphatic heterocycles. The second-order valence-corrected chi connectivity index (χ2v) is 18.2. The van der Waals surface area contributed by atoms with E-state index in [1.165, 1.54) is 0 Å². The lowest BCUT2D eigenvalue weighted by atomic mass is 9.61. The van der Waals surface area contributed by atoms with Crippen LogP contribution in [0, 0.1) is 17.8 Å². The first-order chi connectivity index (χ1) is 26.4. The van der Waals surface area contributed by atoms with Gasteiger partial charge in [0.2, 0.25) is 5.91 Å². The predicted octanol–water partition coefficient (Wildman–Crippen LogP) is 3.75. The number of dihydropyridines is 1. The second kappa shape index (κ2) is 16.0. The first-order valence-corrected chi connectivity index (χ1v) is 21.6. The lowest BCUT2D eigenvalue weighted by Crippen LogP contribution is -2.65. The molecule has 1 aromatic carbocycles. The number of nitrogens with zero attached hydrogens (tertiary/aromatic N) is 1. The van der Waals surface area contributed by atoms with Crippen LogP contribution in [-0.2, 0) is 27.2 Å². The largest absolute Gasteiger partial charge is 0.481 e. The van der Waals surface area contributed by atoms with E-state index in [1.54, 1.807) is 53.6 Å². The number of hydrogen-bond acceptors (Lipinski definition) is 13. The van der Waals surface area contributed by atoms with E-state index < -0.39 is 28.7 Å². The molecule has 0 radical (unpaired) electrons. The van der Waals surface area contributed by atoms with Gasteiger partial charge in [-0.3, -0.25) is 4.79 Å². The number of carbonyl (C=O) groups excluding carboxylic acids is 2. The van der Waals surface area contributed by atoms with Gasteiger partial charge in [0.25, 0.3) is 0 Å². The van der Waals surface area contributed by atoms with Crippen molar-refractivity contribution in [1.29, 1.82) is 0 Å². The Kier molecular flexibility index (Phi) is 11.5. The van der Waals surface area contributed by atoms with Crippen LogP contribution in [0.4, 0.5) is 0 Å². The SMILES string of the molecule is C/C=C(\C)C(=O)O[C@]1(C)CC=C2CSSC[C@@H]3[C@@H](CNC)CN3C(=O)CC3=C(C=C(N)NC3)[C@H]2[C@]12Cc1cc3cc(C[C@H](CO)CCO)c(=O)oc3cc1O2. The molecule has 6 N–H and O–H groups in total. The van der Waals surface area contributed by atoms with E-state index in [1.807, 2.05) is 31.0 Å². The Labute approximate surface area is 329 Å². The monoisotopic (exact) mass is 792 g/mol. The van der Waals surface area contributed by atoms with Gasteiger partial charge in [-0.25, -0.2) is 9.59 Å². The van der Waals surface area contributed by atoms with E-state index >= 15 is 0 Å². The van der Waals surface area contributed by atoms with Gasteiger partial charge in [0.15, 0.2) is 11.2 Å². The lowest BCUT2D eigenvalue weighted by molar-refractivity contribution is -0.186. The summed E-state index contributed by atoms with van der Waals surface area (Å²) < 4.78 is 19.7. The third-order valence-corrected chi connectivity index (χ3v) is 14.6. The minimum Gasteiger partial charge on any atom is -0.481 e. The van der Waals surface area contributed by atoms with E-state index in [-0.39, 0.29) is 43.9 Å². The highest BCUT2D eigenvalue weighted by atomic mass is 33.1. The Bertz CT molecular complexity index is 2040. The van der Waals surface area contributed by atoms with Gasteiger partial charge in [-0.15, -0.1) is 0 Å². The first kappa shape index (κ1) is 39.5. The predicted molar refractivity (Wildman–Crippen MR) is 215 cm³/mol. The number of esters is 1. The van der Waals surface area contributed by atoms with Gasteiger partial charge in [0.05, 0.1) is 18.2 Å². The van der Waals surface area contributed by atoms with Gasteiger partial charge in [-0.2, -0.15) is 0 Å². The fourth-order valence-electron chi connectivity index (χ4n) is 8.88. The fourth-order valence-corrected chi connectivity index (χ4v) is 11.4. The van der Waals surface area contributed by atoms with E-state index in [9.17, 15) is 24.6 Å². The van der Waals surface area contributed by atoms with Crippen molar-refractivity contribution < 1.29 is 33.7 Å². The van der Waals surface area contributed by atoms with Gasteiger partial charge in [-0.1, -0.05) is 39.3 Å². The Hall–Kier alpha value is -3.69. The molecule has 6 atom stereocenters. The highest BCUT2D eigenvalue weighted by molar-refractivity contribution is 8.76. The van der Waals surface area contributed by atoms with Crippen molar-refractivity contribution in [3.8, 4) is 5.75 Å². The molecule has 0 bridgehead atoms. The topological polar surface area (TPSA) is 177 Å². The molecule has 12 nitrogen and oxygen atoms in total. The molecular weight excluding hydrogens is 741 g/mol. The Morgan fingerprint density at radius 2 is 2.07 bits per heavy atom. The average Bonchev–Trinajstić information content (AvgIpc) is 3.52. The number of aliphatic hydroxyl groups is 2. The first-order valence-electron chi connectivity index (χ1n) is 19.1. The number of hydrogen-bond donors (Lipinski definition) is 5. The molecule has 7 rings (SSSR count). The minimum atomic E-state index is -1.17. The standard InChI is InChI=1S/C41H52N4O8S2/c1-5-23(2)38(49)53-40(3)8-6-25-21-54-55-22-32-30(17-43-4)19-45(32)36(48)13-29-18-44-35(42)14-31(29)37(25)41(40)16-28-12-26-11-27(10-24(20-47)7-9-46)39(50)51-33(26)15-34(28)52-41/h5-6,11-12,14-15,24,30,32,37,43-44,46-47H,7-10,13,16-22,42H2,1-4H3/b23-5+/t24-,30+,32-,37+,40-,41-/m1/s1. The third-order valence-electron chi connectivity index (χ3n) is 12.2. The van der Waals surface area contributed by atoms with E-state index in [0.717, 1.165) is 34.6 Å². The molecule has 1 aliphatic carbocycles. The molecule has 5 heterocycles. The van der Waals surface area contributed by atoms with Crippen LogP contribution in [-0.4, -0.2) is 95.6 Å². The molecule has 1 fully saturated rings. The van der Waals surface area contributed by atoms with Crippen LogP contribution in [0.2, 0.25) is 0 Å². The molecule has 55 heavy (non-hydrogen) atoms. The molecule has 0 saturated carbocycles. The minimum absolute atomic E-state index is 0.0788. The summed E-state index contributed by atoms with van der Waals surface area (Å²) in [4.78, 5) is 43.0. The molecule has 14 heteroatoms. The van der Waals surface area contributed by atoms with Gasteiger partial charge >= 0.3 is 11.6 Å². The van der Waals surface area contributed by atoms with Gasteiger partial charge in [-0.05, 0) is 81.5 Å². The van der Waals surface area contributed by atoms with Crippen LogP contribution in [0.15, 0.2) is 73.8 Å². The molecule has 1 saturated heterocycles. The summed E-state index contributed by atoms with van der Waals surface area (Å²) in [5.41, 5.74) is 8.73. The van der Waals surface area contributed by atoms with Crippen molar-refractivity contribution in [2.45, 2.75) is 70.1 Å². The quantitative estimate of drug-likeness (QED) is 0.0817. The number of fused-ring (bicyclic) bond motifs is 6. The molecule has 1 aromatic heterocycles. The maximum absolute atomic E-state index is 14.1. The van der Waals surface area contributed by atoms with Crippen LogP contribution >= 0.6 is 21.6 Å². The molecule has 5 aliphatic rings. The van der Waals surface area contributed by atoms with E-state index in [0.29, 0.717) is 77.7 Å². The zero-order valence-corrected chi connectivity index (χ0v) is 33.6. The number of ether oxygens (including phenoxy) is 2. The fraction of sp³-hybridized carbons (Fsp3) is 0.537. The molecular formula is C41H52N4O8S2. The molecule has 2 aromatic rings. The summed E-state index contributed by atoms with van der Waals surface area (Å²) in [7, 11) is 5.49. The normalized spacial score (nSPS) is 28.6. The summed E-state index contributed by atoms with van der Waals surface area (Å²) in [6.45, 7) is 7.19. The number of allylic oxidation sites excluding steroid dienone is 2. The van der Waals surface area contributed by atoms with Crippen LogP contribution in [0.3, 0.4) is 0 Å². The number of nitrogens with two attached hydrogens (primary N) is 1. The maximum Gasteiger partial charge on any atom is 0.339 e.